The standard InChI is InChI=1S/C19H32N4S/c1-13(10-20)9-14(2)15-7-8-16(23-11-15)18(3,4)12-19(5,6)24-17(21)22/h7-8,10-11,13-14,20H,9,12H2,1-6H3,(H3,21,22). The average Bonchev–Trinajstić information content (AvgIpc) is 2.44. The zero-order valence-corrected chi connectivity index (χ0v) is 16.6. The lowest BCUT2D eigenvalue weighted by atomic mass is 9.80. The molecule has 134 valence electrons. The van der Waals surface area contributed by atoms with E-state index < -0.39 is 0 Å². The van der Waals surface area contributed by atoms with Gasteiger partial charge in [-0.2, -0.15) is 0 Å². The minimum atomic E-state index is -0.109. The first-order valence-corrected chi connectivity index (χ1v) is 9.28. The zero-order chi connectivity index (χ0) is 18.5. The molecule has 4 nitrogen and oxygen atoms in total. The molecule has 24 heavy (non-hydrogen) atoms. The van der Waals surface area contributed by atoms with Gasteiger partial charge in [-0.1, -0.05) is 59.4 Å². The fourth-order valence-corrected chi connectivity index (χ4v) is 4.38. The summed E-state index contributed by atoms with van der Waals surface area (Å²) in [5.41, 5.74) is 7.76. The van der Waals surface area contributed by atoms with E-state index in [4.69, 9.17) is 21.5 Å². The number of hydrogen-bond acceptors (Lipinski definition) is 4. The Bertz CT molecular complexity index is 563. The number of hydrogen-bond donors (Lipinski definition) is 3. The Labute approximate surface area is 151 Å². The van der Waals surface area contributed by atoms with Gasteiger partial charge in [0.2, 0.25) is 0 Å². The molecule has 5 heteroatoms. The van der Waals surface area contributed by atoms with E-state index >= 15 is 0 Å². The predicted octanol–water partition coefficient (Wildman–Crippen LogP) is 4.93. The monoisotopic (exact) mass is 348 g/mol. The van der Waals surface area contributed by atoms with Crippen LogP contribution in [-0.2, 0) is 5.41 Å². The minimum absolute atomic E-state index is 0.0873. The topological polar surface area (TPSA) is 86.6 Å². The number of thioether (sulfide) groups is 1. The van der Waals surface area contributed by atoms with Crippen LogP contribution in [-0.4, -0.2) is 21.1 Å². The van der Waals surface area contributed by atoms with Crippen molar-refractivity contribution in [1.82, 2.24) is 4.98 Å². The lowest BCUT2D eigenvalue weighted by molar-refractivity contribution is 0.415. The van der Waals surface area contributed by atoms with Gasteiger partial charge in [-0.25, -0.2) is 0 Å². The van der Waals surface area contributed by atoms with Gasteiger partial charge in [-0.3, -0.25) is 10.4 Å². The summed E-state index contributed by atoms with van der Waals surface area (Å²) in [6.45, 7) is 12.9. The van der Waals surface area contributed by atoms with Gasteiger partial charge >= 0.3 is 0 Å². The zero-order valence-electron chi connectivity index (χ0n) is 15.8. The Hall–Kier alpha value is -1.36. The molecule has 0 aliphatic heterocycles. The second-order valence-electron chi connectivity index (χ2n) is 8.04. The summed E-state index contributed by atoms with van der Waals surface area (Å²) in [5.74, 6) is 0.691. The molecule has 0 fully saturated rings. The van der Waals surface area contributed by atoms with Gasteiger partial charge in [-0.05, 0) is 42.5 Å². The fourth-order valence-electron chi connectivity index (χ4n) is 3.35. The van der Waals surface area contributed by atoms with E-state index in [1.807, 2.05) is 6.20 Å². The van der Waals surface area contributed by atoms with Gasteiger partial charge < -0.3 is 11.1 Å². The highest BCUT2D eigenvalue weighted by Crippen LogP contribution is 2.38. The summed E-state index contributed by atoms with van der Waals surface area (Å²) in [6, 6.07) is 4.28. The van der Waals surface area contributed by atoms with Gasteiger partial charge in [0, 0.05) is 22.1 Å². The third-order valence-electron chi connectivity index (χ3n) is 4.31. The van der Waals surface area contributed by atoms with Crippen molar-refractivity contribution in [3.8, 4) is 0 Å². The Morgan fingerprint density at radius 3 is 2.38 bits per heavy atom. The molecular weight excluding hydrogens is 316 g/mol. The normalized spacial score (nSPS) is 14.9. The highest BCUT2D eigenvalue weighted by atomic mass is 32.2. The van der Waals surface area contributed by atoms with Crippen molar-refractivity contribution in [2.24, 2.45) is 11.7 Å². The maximum absolute atomic E-state index is 7.52. The van der Waals surface area contributed by atoms with E-state index in [1.54, 1.807) is 0 Å². The van der Waals surface area contributed by atoms with E-state index in [1.165, 1.54) is 23.5 Å². The second kappa shape index (κ2) is 8.15. The first-order valence-electron chi connectivity index (χ1n) is 8.47. The van der Waals surface area contributed by atoms with Crippen LogP contribution in [0.25, 0.3) is 0 Å². The summed E-state index contributed by atoms with van der Waals surface area (Å²) in [7, 11) is 0. The first-order chi connectivity index (χ1) is 11.0. The lowest BCUT2D eigenvalue weighted by Gasteiger charge is -2.34. The molecule has 2 atom stereocenters. The molecule has 0 saturated heterocycles. The van der Waals surface area contributed by atoms with E-state index in [0.29, 0.717) is 11.8 Å². The van der Waals surface area contributed by atoms with Crippen molar-refractivity contribution in [3.63, 3.8) is 0 Å². The molecule has 4 N–H and O–H groups in total. The molecule has 2 unspecified atom stereocenters. The van der Waals surface area contributed by atoms with Gasteiger partial charge in [0.15, 0.2) is 5.17 Å². The fraction of sp³-hybridized carbons (Fsp3) is 0.632. The van der Waals surface area contributed by atoms with Crippen molar-refractivity contribution >= 4 is 23.1 Å². The molecule has 1 rings (SSSR count). The predicted molar refractivity (Wildman–Crippen MR) is 106 cm³/mol. The van der Waals surface area contributed by atoms with Crippen LogP contribution < -0.4 is 5.73 Å². The number of nitrogens with one attached hydrogen (secondary N) is 2. The van der Waals surface area contributed by atoms with E-state index in [0.717, 1.165) is 18.5 Å². The number of nitrogens with zero attached hydrogens (tertiary/aromatic N) is 1. The smallest absolute Gasteiger partial charge is 0.151 e. The van der Waals surface area contributed by atoms with Crippen molar-refractivity contribution < 1.29 is 0 Å². The summed E-state index contributed by atoms with van der Waals surface area (Å²) < 4.78 is -0.109. The third-order valence-corrected chi connectivity index (χ3v) is 5.23. The third kappa shape index (κ3) is 6.27. The summed E-state index contributed by atoms with van der Waals surface area (Å²) >= 11 is 1.41. The molecule has 1 aromatic heterocycles. The van der Waals surface area contributed by atoms with Gasteiger partial charge in [0.05, 0.1) is 0 Å². The van der Waals surface area contributed by atoms with E-state index in [-0.39, 0.29) is 15.3 Å². The summed E-state index contributed by atoms with van der Waals surface area (Å²) in [5, 5.41) is 15.0. The van der Waals surface area contributed by atoms with Crippen LogP contribution in [0.15, 0.2) is 18.3 Å². The Morgan fingerprint density at radius 1 is 1.29 bits per heavy atom. The molecule has 1 heterocycles. The quantitative estimate of drug-likeness (QED) is 0.459. The molecule has 0 aromatic carbocycles. The van der Waals surface area contributed by atoms with Crippen molar-refractivity contribution in [2.75, 3.05) is 0 Å². The average molecular weight is 349 g/mol. The molecule has 0 saturated carbocycles. The van der Waals surface area contributed by atoms with Crippen molar-refractivity contribution in [1.29, 1.82) is 10.8 Å². The number of nitrogens with two attached hydrogens (primary N) is 1. The first kappa shape index (κ1) is 20.7. The van der Waals surface area contributed by atoms with Gasteiger partial charge in [0.1, 0.15) is 0 Å². The van der Waals surface area contributed by atoms with Crippen LogP contribution in [0.2, 0.25) is 0 Å². The van der Waals surface area contributed by atoms with Crippen LogP contribution in [0.4, 0.5) is 0 Å². The van der Waals surface area contributed by atoms with E-state index in [2.05, 4.69) is 53.7 Å². The summed E-state index contributed by atoms with van der Waals surface area (Å²) in [6.07, 6.45) is 5.34. The molecule has 0 bridgehead atoms. The van der Waals surface area contributed by atoms with Crippen LogP contribution in [0.3, 0.4) is 0 Å². The Balaban J connectivity index is 2.86. The highest BCUT2D eigenvalue weighted by molar-refractivity contribution is 8.14. The maximum atomic E-state index is 7.52. The summed E-state index contributed by atoms with van der Waals surface area (Å²) in [4.78, 5) is 4.72. The van der Waals surface area contributed by atoms with Crippen LogP contribution >= 0.6 is 11.8 Å². The van der Waals surface area contributed by atoms with Gasteiger partial charge in [0.25, 0.3) is 0 Å². The Morgan fingerprint density at radius 2 is 1.92 bits per heavy atom. The second-order valence-corrected chi connectivity index (χ2v) is 9.79. The number of rotatable bonds is 8. The number of pyridine rings is 1. The van der Waals surface area contributed by atoms with E-state index in [9.17, 15) is 0 Å². The van der Waals surface area contributed by atoms with Gasteiger partial charge in [-0.15, -0.1) is 0 Å². The molecule has 1 aromatic rings. The molecule has 0 amide bonds. The van der Waals surface area contributed by atoms with Crippen LogP contribution in [0.5, 0.6) is 0 Å². The molecule has 0 radical (unpaired) electrons. The number of amidine groups is 1. The maximum Gasteiger partial charge on any atom is 0.151 e. The minimum Gasteiger partial charge on any atom is -0.379 e. The van der Waals surface area contributed by atoms with Crippen molar-refractivity contribution in [2.45, 2.75) is 70.5 Å². The lowest BCUT2D eigenvalue weighted by Crippen LogP contribution is -2.31. The number of aromatic nitrogens is 1. The molecule has 0 aliphatic carbocycles. The van der Waals surface area contributed by atoms with Crippen molar-refractivity contribution in [3.05, 3.63) is 29.6 Å². The SMILES string of the molecule is CC(C=N)CC(C)c1ccc(C(C)(C)CC(C)(C)SC(=N)N)nc1. The largest absolute Gasteiger partial charge is 0.379 e. The van der Waals surface area contributed by atoms with Crippen LogP contribution in [0, 0.1) is 16.7 Å². The highest BCUT2D eigenvalue weighted by Gasteiger charge is 2.32. The molecular formula is C19H32N4S. The molecule has 0 spiro atoms. The van der Waals surface area contributed by atoms with Crippen LogP contribution in [0.1, 0.15) is 71.6 Å². The Kier molecular flexibility index (Phi) is 7.02. The molecule has 0 aliphatic rings.